The fourth-order valence-electron chi connectivity index (χ4n) is 3.22. The summed E-state index contributed by atoms with van der Waals surface area (Å²) in [7, 11) is 3.23. The number of carbonyl (C=O) groups excluding carboxylic acids is 1. The lowest BCUT2D eigenvalue weighted by molar-refractivity contribution is 0.192. The summed E-state index contributed by atoms with van der Waals surface area (Å²) in [4.78, 5) is 18.7. The molecule has 1 saturated heterocycles. The van der Waals surface area contributed by atoms with Crippen LogP contribution in [0.4, 0.5) is 4.79 Å². The van der Waals surface area contributed by atoms with Crippen LogP contribution in [0.2, 0.25) is 0 Å². The van der Waals surface area contributed by atoms with Crippen LogP contribution in [0, 0.1) is 0 Å². The number of nitrogens with zero attached hydrogens (tertiary/aromatic N) is 2. The number of hydrogen-bond donors (Lipinski definition) is 1. The summed E-state index contributed by atoms with van der Waals surface area (Å²) in [6.07, 6.45) is 3.62. The van der Waals surface area contributed by atoms with Gasteiger partial charge in [0.15, 0.2) is 0 Å². The van der Waals surface area contributed by atoms with Crippen molar-refractivity contribution >= 4 is 6.03 Å². The van der Waals surface area contributed by atoms with Gasteiger partial charge in [-0.25, -0.2) is 9.78 Å². The number of likely N-dealkylation sites (tertiary alicyclic amines) is 1. The summed E-state index contributed by atoms with van der Waals surface area (Å²) >= 11 is 0. The van der Waals surface area contributed by atoms with Crippen LogP contribution in [0.5, 0.6) is 11.6 Å². The molecule has 1 fully saturated rings. The van der Waals surface area contributed by atoms with Crippen molar-refractivity contribution in [2.24, 2.45) is 0 Å². The smallest absolute Gasteiger partial charge is 0.318 e. The third-order valence-corrected chi connectivity index (χ3v) is 4.47. The van der Waals surface area contributed by atoms with Gasteiger partial charge in [-0.1, -0.05) is 18.2 Å². The molecule has 0 saturated carbocycles. The van der Waals surface area contributed by atoms with Crippen molar-refractivity contribution in [3.63, 3.8) is 0 Å². The first-order valence-corrected chi connectivity index (χ1v) is 8.39. The van der Waals surface area contributed by atoms with Gasteiger partial charge in [-0.3, -0.25) is 0 Å². The van der Waals surface area contributed by atoms with E-state index in [9.17, 15) is 4.79 Å². The highest BCUT2D eigenvalue weighted by Gasteiger charge is 2.30. The predicted molar refractivity (Wildman–Crippen MR) is 94.7 cm³/mol. The number of hydrogen-bond acceptors (Lipinski definition) is 4. The van der Waals surface area contributed by atoms with Gasteiger partial charge in [0, 0.05) is 24.8 Å². The van der Waals surface area contributed by atoms with E-state index in [1.807, 2.05) is 41.3 Å². The third-order valence-electron chi connectivity index (χ3n) is 4.47. The maximum Gasteiger partial charge on any atom is 0.318 e. The molecule has 0 radical (unpaired) electrons. The Morgan fingerprint density at radius 1 is 1.28 bits per heavy atom. The lowest BCUT2D eigenvalue weighted by Gasteiger charge is -2.25. The molecule has 6 nitrogen and oxygen atoms in total. The van der Waals surface area contributed by atoms with Crippen molar-refractivity contribution in [2.45, 2.75) is 25.4 Å². The monoisotopic (exact) mass is 341 g/mol. The normalized spacial score (nSPS) is 16.6. The maximum absolute atomic E-state index is 12.7. The van der Waals surface area contributed by atoms with Crippen molar-refractivity contribution in [3.8, 4) is 11.6 Å². The first-order chi connectivity index (χ1) is 12.2. The van der Waals surface area contributed by atoms with E-state index in [-0.39, 0.29) is 12.1 Å². The molecule has 1 aliphatic heterocycles. The molecule has 2 aromatic rings. The van der Waals surface area contributed by atoms with E-state index in [1.54, 1.807) is 20.4 Å². The molecule has 2 heterocycles. The van der Waals surface area contributed by atoms with Crippen LogP contribution in [0.1, 0.15) is 30.0 Å². The Hall–Kier alpha value is -2.76. The minimum atomic E-state index is -0.0729. The van der Waals surface area contributed by atoms with Crippen LogP contribution in [-0.2, 0) is 6.54 Å². The highest BCUT2D eigenvalue weighted by atomic mass is 16.5. The number of aromatic nitrogens is 1. The minimum Gasteiger partial charge on any atom is -0.497 e. The minimum absolute atomic E-state index is 0.0729. The topological polar surface area (TPSA) is 63.7 Å². The van der Waals surface area contributed by atoms with Gasteiger partial charge >= 0.3 is 6.03 Å². The number of pyridine rings is 1. The quantitative estimate of drug-likeness (QED) is 0.907. The molecule has 6 heteroatoms. The van der Waals surface area contributed by atoms with Gasteiger partial charge in [-0.2, -0.15) is 0 Å². The zero-order valence-electron chi connectivity index (χ0n) is 14.6. The average Bonchev–Trinajstić information content (AvgIpc) is 3.16. The molecule has 1 aromatic heterocycles. The second-order valence-electron chi connectivity index (χ2n) is 5.96. The van der Waals surface area contributed by atoms with Gasteiger partial charge in [0.2, 0.25) is 5.88 Å². The Bertz CT molecular complexity index is 735. The SMILES string of the molecule is COc1cccc([C@@H]2CCCN2C(=O)NCc2cccnc2OC)c1. The molecule has 0 bridgehead atoms. The summed E-state index contributed by atoms with van der Waals surface area (Å²) in [5.41, 5.74) is 1.96. The molecule has 2 amide bonds. The van der Waals surface area contributed by atoms with E-state index >= 15 is 0 Å². The van der Waals surface area contributed by atoms with Crippen LogP contribution in [-0.4, -0.2) is 36.7 Å². The summed E-state index contributed by atoms with van der Waals surface area (Å²) in [6.45, 7) is 1.13. The molecule has 132 valence electrons. The number of ether oxygens (including phenoxy) is 2. The number of amides is 2. The van der Waals surface area contributed by atoms with Gasteiger partial charge in [-0.05, 0) is 36.6 Å². The van der Waals surface area contributed by atoms with Crippen molar-refractivity contribution in [2.75, 3.05) is 20.8 Å². The Labute approximate surface area is 147 Å². The predicted octanol–water partition coefficient (Wildman–Crippen LogP) is 3.15. The van der Waals surface area contributed by atoms with E-state index in [1.165, 1.54) is 0 Å². The molecule has 0 unspecified atom stereocenters. The Morgan fingerprint density at radius 2 is 2.16 bits per heavy atom. The molecule has 25 heavy (non-hydrogen) atoms. The number of carbonyl (C=O) groups is 1. The van der Waals surface area contributed by atoms with Crippen molar-refractivity contribution in [3.05, 3.63) is 53.7 Å². The molecule has 1 N–H and O–H groups in total. The highest BCUT2D eigenvalue weighted by molar-refractivity contribution is 5.75. The van der Waals surface area contributed by atoms with Crippen LogP contribution >= 0.6 is 0 Å². The summed E-state index contributed by atoms with van der Waals surface area (Å²) in [5.74, 6) is 1.35. The standard InChI is InChI=1S/C19H23N3O3/c1-24-16-8-3-6-14(12-16)17-9-5-11-22(17)19(23)21-13-15-7-4-10-20-18(15)25-2/h3-4,6-8,10,12,17H,5,9,11,13H2,1-2H3,(H,21,23)/t17-/m0/s1. The second-order valence-corrected chi connectivity index (χ2v) is 5.96. The highest BCUT2D eigenvalue weighted by Crippen LogP contribution is 2.33. The zero-order valence-corrected chi connectivity index (χ0v) is 14.6. The Balaban J connectivity index is 1.68. The fourth-order valence-corrected chi connectivity index (χ4v) is 3.22. The van der Waals surface area contributed by atoms with Crippen molar-refractivity contribution in [1.29, 1.82) is 0 Å². The van der Waals surface area contributed by atoms with Crippen LogP contribution in [0.15, 0.2) is 42.6 Å². The van der Waals surface area contributed by atoms with Crippen LogP contribution in [0.25, 0.3) is 0 Å². The molecule has 0 spiro atoms. The fraction of sp³-hybridized carbons (Fsp3) is 0.368. The number of rotatable bonds is 5. The molecule has 0 aliphatic carbocycles. The van der Waals surface area contributed by atoms with Gasteiger partial charge < -0.3 is 19.7 Å². The van der Waals surface area contributed by atoms with Gasteiger partial charge in [0.05, 0.1) is 20.3 Å². The Morgan fingerprint density at radius 3 is 2.96 bits per heavy atom. The number of nitrogens with one attached hydrogen (secondary N) is 1. The summed E-state index contributed by atoms with van der Waals surface area (Å²) < 4.78 is 10.5. The number of methoxy groups -OCH3 is 2. The molecule has 1 aliphatic rings. The zero-order chi connectivity index (χ0) is 17.6. The number of benzene rings is 1. The first kappa shape index (κ1) is 17.1. The van der Waals surface area contributed by atoms with Crippen molar-refractivity contribution in [1.82, 2.24) is 15.2 Å². The molecular weight excluding hydrogens is 318 g/mol. The summed E-state index contributed by atoms with van der Waals surface area (Å²) in [5, 5.41) is 2.98. The van der Waals surface area contributed by atoms with Crippen molar-refractivity contribution < 1.29 is 14.3 Å². The lowest BCUT2D eigenvalue weighted by atomic mass is 10.0. The van der Waals surface area contributed by atoms with Gasteiger partial charge in [0.25, 0.3) is 0 Å². The largest absolute Gasteiger partial charge is 0.497 e. The number of urea groups is 1. The van der Waals surface area contributed by atoms with Gasteiger partial charge in [0.1, 0.15) is 5.75 Å². The second kappa shape index (κ2) is 7.88. The van der Waals surface area contributed by atoms with Crippen LogP contribution < -0.4 is 14.8 Å². The van der Waals surface area contributed by atoms with E-state index in [0.717, 1.165) is 36.3 Å². The van der Waals surface area contributed by atoms with Crippen LogP contribution in [0.3, 0.4) is 0 Å². The maximum atomic E-state index is 12.7. The molecule has 1 aromatic carbocycles. The third kappa shape index (κ3) is 3.84. The van der Waals surface area contributed by atoms with E-state index in [0.29, 0.717) is 12.4 Å². The molecule has 1 atom stereocenters. The van der Waals surface area contributed by atoms with E-state index in [2.05, 4.69) is 10.3 Å². The lowest BCUT2D eigenvalue weighted by Crippen LogP contribution is -2.39. The first-order valence-electron chi connectivity index (χ1n) is 8.39. The molecular formula is C19H23N3O3. The molecule has 3 rings (SSSR count). The van der Waals surface area contributed by atoms with E-state index in [4.69, 9.17) is 9.47 Å². The van der Waals surface area contributed by atoms with E-state index < -0.39 is 0 Å². The average molecular weight is 341 g/mol. The van der Waals surface area contributed by atoms with Gasteiger partial charge in [-0.15, -0.1) is 0 Å². The Kier molecular flexibility index (Phi) is 5.38. The summed E-state index contributed by atoms with van der Waals surface area (Å²) in [6, 6.07) is 11.7.